The number of rotatable bonds is 7. The summed E-state index contributed by atoms with van der Waals surface area (Å²) < 4.78 is 32.0. The third-order valence-corrected chi connectivity index (χ3v) is 7.67. The molecule has 4 rings (SSSR count). The summed E-state index contributed by atoms with van der Waals surface area (Å²) in [6.45, 7) is 2.10. The van der Waals surface area contributed by atoms with Gasteiger partial charge in [0, 0.05) is 6.07 Å². The molecule has 1 heterocycles. The van der Waals surface area contributed by atoms with Crippen molar-refractivity contribution in [1.29, 1.82) is 0 Å². The average molecular weight is 467 g/mol. The highest BCUT2D eigenvalue weighted by Crippen LogP contribution is 2.32. The van der Waals surface area contributed by atoms with Gasteiger partial charge in [-0.25, -0.2) is 13.4 Å². The first-order chi connectivity index (χ1) is 15.4. The zero-order valence-electron chi connectivity index (χ0n) is 17.7. The maximum atomic E-state index is 13.3. The number of methoxy groups -OCH3 is 1. The number of nitrogens with zero attached hydrogens (tertiary/aromatic N) is 2. The predicted octanol–water partition coefficient (Wildman–Crippen LogP) is 4.62. The van der Waals surface area contributed by atoms with E-state index in [9.17, 15) is 13.2 Å². The summed E-state index contributed by atoms with van der Waals surface area (Å²) in [5.41, 5.74) is 2.52. The molecule has 4 aromatic rings. The number of amides is 1. The fourth-order valence-electron chi connectivity index (χ4n) is 3.24. The number of anilines is 1. The highest BCUT2D eigenvalue weighted by atomic mass is 32.2. The lowest BCUT2D eigenvalue weighted by Gasteiger charge is -2.20. The summed E-state index contributed by atoms with van der Waals surface area (Å²) in [7, 11) is -2.22. The van der Waals surface area contributed by atoms with E-state index in [1.807, 2.05) is 49.4 Å². The molecule has 0 radical (unpaired) electrons. The molecule has 1 aromatic heterocycles. The monoisotopic (exact) mass is 466 g/mol. The Morgan fingerprint density at radius 1 is 1.03 bits per heavy atom. The van der Waals surface area contributed by atoms with Crippen LogP contribution in [0.2, 0.25) is 0 Å². The Hall–Kier alpha value is -3.23. The number of hydrogen-bond donors (Lipinski definition) is 0. The van der Waals surface area contributed by atoms with Crippen molar-refractivity contribution in [3.8, 4) is 5.75 Å². The van der Waals surface area contributed by atoms with Gasteiger partial charge in [-0.1, -0.05) is 59.4 Å². The predicted molar refractivity (Wildman–Crippen MR) is 127 cm³/mol. The molecular formula is C24H22N2O4S2. The van der Waals surface area contributed by atoms with E-state index >= 15 is 0 Å². The number of fused-ring (bicyclic) bond motifs is 1. The van der Waals surface area contributed by atoms with Crippen LogP contribution in [-0.4, -0.2) is 32.2 Å². The Morgan fingerprint density at radius 3 is 2.44 bits per heavy atom. The molecular weight excluding hydrogens is 444 g/mol. The smallest absolute Gasteiger partial charge is 0.244 e. The minimum Gasteiger partial charge on any atom is -0.497 e. The van der Waals surface area contributed by atoms with Crippen LogP contribution in [-0.2, 0) is 21.2 Å². The van der Waals surface area contributed by atoms with E-state index in [0.717, 1.165) is 15.8 Å². The maximum Gasteiger partial charge on any atom is 0.244 e. The molecule has 0 aliphatic rings. The summed E-state index contributed by atoms with van der Waals surface area (Å²) >= 11 is 1.34. The molecule has 164 valence electrons. The molecule has 1 amide bonds. The topological polar surface area (TPSA) is 76.6 Å². The Labute approximate surface area is 191 Å². The minimum atomic E-state index is -3.80. The molecule has 0 aliphatic carbocycles. The van der Waals surface area contributed by atoms with Gasteiger partial charge in [-0.3, -0.25) is 9.69 Å². The molecule has 0 bridgehead atoms. The van der Waals surface area contributed by atoms with Gasteiger partial charge in [0.15, 0.2) is 15.0 Å². The third kappa shape index (κ3) is 4.81. The van der Waals surface area contributed by atoms with Gasteiger partial charge in [-0.15, -0.1) is 0 Å². The number of thiazole rings is 1. The molecule has 0 unspecified atom stereocenters. The third-order valence-electron chi connectivity index (χ3n) is 4.99. The van der Waals surface area contributed by atoms with Crippen LogP contribution in [0.1, 0.15) is 11.1 Å². The Morgan fingerprint density at radius 2 is 1.75 bits per heavy atom. The van der Waals surface area contributed by atoms with E-state index in [-0.39, 0.29) is 11.4 Å². The molecule has 32 heavy (non-hydrogen) atoms. The molecule has 0 atom stereocenters. The van der Waals surface area contributed by atoms with Crippen molar-refractivity contribution < 1.29 is 17.9 Å². The zero-order valence-corrected chi connectivity index (χ0v) is 19.3. The van der Waals surface area contributed by atoms with Crippen LogP contribution >= 0.6 is 11.3 Å². The number of carbonyl (C=O) groups excluding carboxylic acids is 1. The molecule has 0 N–H and O–H groups in total. The Balaban J connectivity index is 1.69. The van der Waals surface area contributed by atoms with E-state index in [1.165, 1.54) is 28.4 Å². The van der Waals surface area contributed by atoms with E-state index in [0.29, 0.717) is 16.4 Å². The number of ether oxygens (including phenoxy) is 1. The number of hydrogen-bond acceptors (Lipinski definition) is 6. The van der Waals surface area contributed by atoms with Gasteiger partial charge < -0.3 is 4.74 Å². The van der Waals surface area contributed by atoms with Gasteiger partial charge in [0.25, 0.3) is 0 Å². The number of aromatic nitrogens is 1. The molecule has 3 aromatic carbocycles. The largest absolute Gasteiger partial charge is 0.497 e. The fourth-order valence-corrected chi connectivity index (χ4v) is 5.40. The highest BCUT2D eigenvalue weighted by molar-refractivity contribution is 7.92. The van der Waals surface area contributed by atoms with Gasteiger partial charge >= 0.3 is 0 Å². The summed E-state index contributed by atoms with van der Waals surface area (Å²) in [4.78, 5) is 19.5. The van der Waals surface area contributed by atoms with Crippen molar-refractivity contribution in [2.45, 2.75) is 18.4 Å². The van der Waals surface area contributed by atoms with Crippen molar-refractivity contribution >= 4 is 42.4 Å². The highest BCUT2D eigenvalue weighted by Gasteiger charge is 2.27. The van der Waals surface area contributed by atoms with Crippen molar-refractivity contribution in [3.63, 3.8) is 0 Å². The van der Waals surface area contributed by atoms with E-state index in [2.05, 4.69) is 4.98 Å². The average Bonchev–Trinajstić information content (AvgIpc) is 3.21. The molecule has 0 saturated heterocycles. The summed E-state index contributed by atoms with van der Waals surface area (Å²) in [6.07, 6.45) is 0. The lowest BCUT2D eigenvalue weighted by atomic mass is 10.2. The van der Waals surface area contributed by atoms with E-state index < -0.39 is 21.5 Å². The molecule has 0 fully saturated rings. The second kappa shape index (κ2) is 9.10. The molecule has 8 heteroatoms. The summed E-state index contributed by atoms with van der Waals surface area (Å²) in [6, 6.07) is 21.4. The Kier molecular flexibility index (Phi) is 6.25. The molecule has 0 saturated carbocycles. The van der Waals surface area contributed by atoms with Gasteiger partial charge in [0.2, 0.25) is 5.91 Å². The number of carbonyl (C=O) groups is 1. The van der Waals surface area contributed by atoms with Crippen molar-refractivity contribution in [3.05, 3.63) is 83.9 Å². The standard InChI is InChI=1S/C24H22N2O4S2/c1-17-8-11-20(12-9-17)32(28,29)16-23(27)26(15-18-6-4-3-5-7-18)24-25-21-14-19(30-2)10-13-22(21)31-24/h3-14H,15-16H2,1-2H3. The zero-order chi connectivity index (χ0) is 22.7. The van der Waals surface area contributed by atoms with Gasteiger partial charge in [0.05, 0.1) is 28.8 Å². The van der Waals surface area contributed by atoms with Crippen LogP contribution < -0.4 is 9.64 Å². The van der Waals surface area contributed by atoms with Gasteiger partial charge in [-0.05, 0) is 36.8 Å². The van der Waals surface area contributed by atoms with Crippen LogP contribution in [0, 0.1) is 6.92 Å². The molecule has 0 spiro atoms. The lowest BCUT2D eigenvalue weighted by Crippen LogP contribution is -2.35. The first-order valence-electron chi connectivity index (χ1n) is 9.94. The number of aryl methyl sites for hydroxylation is 1. The van der Waals surface area contributed by atoms with Crippen LogP contribution in [0.25, 0.3) is 10.2 Å². The number of sulfone groups is 1. The van der Waals surface area contributed by atoms with Crippen molar-refractivity contribution in [1.82, 2.24) is 4.98 Å². The summed E-state index contributed by atoms with van der Waals surface area (Å²) in [5.74, 6) is -0.500. The minimum absolute atomic E-state index is 0.130. The lowest BCUT2D eigenvalue weighted by molar-refractivity contribution is -0.116. The van der Waals surface area contributed by atoms with Crippen LogP contribution in [0.5, 0.6) is 5.75 Å². The van der Waals surface area contributed by atoms with E-state index in [4.69, 9.17) is 4.74 Å². The second-order valence-corrected chi connectivity index (χ2v) is 10.4. The van der Waals surface area contributed by atoms with Crippen LogP contribution in [0.15, 0.2) is 77.7 Å². The Bertz CT molecular complexity index is 1350. The van der Waals surface area contributed by atoms with Crippen LogP contribution in [0.4, 0.5) is 5.13 Å². The van der Waals surface area contributed by atoms with Crippen molar-refractivity contribution in [2.24, 2.45) is 0 Å². The molecule has 0 aliphatic heterocycles. The maximum absolute atomic E-state index is 13.3. The van der Waals surface area contributed by atoms with Gasteiger partial charge in [-0.2, -0.15) is 0 Å². The SMILES string of the molecule is COc1ccc2sc(N(Cc3ccccc3)C(=O)CS(=O)(=O)c3ccc(C)cc3)nc2c1. The first-order valence-corrected chi connectivity index (χ1v) is 12.4. The number of benzene rings is 3. The molecule has 6 nitrogen and oxygen atoms in total. The first kappa shape index (κ1) is 22.0. The second-order valence-electron chi connectivity index (χ2n) is 7.37. The van der Waals surface area contributed by atoms with Crippen LogP contribution in [0.3, 0.4) is 0 Å². The van der Waals surface area contributed by atoms with Gasteiger partial charge in [0.1, 0.15) is 11.5 Å². The van der Waals surface area contributed by atoms with E-state index in [1.54, 1.807) is 25.3 Å². The summed E-state index contributed by atoms with van der Waals surface area (Å²) in [5, 5.41) is 0.446. The van der Waals surface area contributed by atoms with Crippen molar-refractivity contribution in [2.75, 3.05) is 17.8 Å². The quantitative estimate of drug-likeness (QED) is 0.397. The fraction of sp³-hybridized carbons (Fsp3) is 0.167. The normalized spacial score (nSPS) is 11.4.